The van der Waals surface area contributed by atoms with Gasteiger partial charge in [-0.2, -0.15) is 0 Å². The molecule has 2 atom stereocenters. The summed E-state index contributed by atoms with van der Waals surface area (Å²) in [6, 6.07) is 13.8. The summed E-state index contributed by atoms with van der Waals surface area (Å²) in [7, 11) is 0. The first-order valence-electron chi connectivity index (χ1n) is 9.59. The Morgan fingerprint density at radius 1 is 1.14 bits per heavy atom. The van der Waals surface area contributed by atoms with E-state index in [1.165, 1.54) is 6.92 Å². The molecule has 2 aromatic carbocycles. The topological polar surface area (TPSA) is 78.5 Å². The van der Waals surface area contributed by atoms with Gasteiger partial charge in [-0.15, -0.1) is 0 Å². The molecule has 6 nitrogen and oxygen atoms in total. The van der Waals surface area contributed by atoms with Gasteiger partial charge in [0.15, 0.2) is 0 Å². The predicted molar refractivity (Wildman–Crippen MR) is 116 cm³/mol. The Balaban J connectivity index is 1.68. The van der Waals surface area contributed by atoms with Crippen LogP contribution in [-0.4, -0.2) is 35.2 Å². The smallest absolute Gasteiger partial charge is 0.254 e. The predicted octanol–water partition coefficient (Wildman–Crippen LogP) is 3.89. The Morgan fingerprint density at radius 3 is 2.55 bits per heavy atom. The highest BCUT2D eigenvalue weighted by Gasteiger charge is 2.35. The molecule has 2 aromatic rings. The zero-order valence-corrected chi connectivity index (χ0v) is 18.0. The number of amides is 3. The van der Waals surface area contributed by atoms with Crippen molar-refractivity contribution in [3.63, 3.8) is 0 Å². The molecule has 3 amide bonds. The van der Waals surface area contributed by atoms with Gasteiger partial charge in [0.05, 0.1) is 6.04 Å². The molecule has 2 unspecified atom stereocenters. The minimum atomic E-state index is -0.480. The summed E-state index contributed by atoms with van der Waals surface area (Å²) >= 11 is 3.37. The van der Waals surface area contributed by atoms with Crippen molar-refractivity contribution in [3.8, 4) is 0 Å². The van der Waals surface area contributed by atoms with Crippen molar-refractivity contribution < 1.29 is 14.4 Å². The van der Waals surface area contributed by atoms with Crippen LogP contribution in [0, 0.1) is 0 Å². The maximum atomic E-state index is 12.9. The Bertz CT molecular complexity index is 914. The molecule has 0 aliphatic carbocycles. The first-order chi connectivity index (χ1) is 13.8. The molecule has 1 aliphatic heterocycles. The van der Waals surface area contributed by atoms with Gasteiger partial charge >= 0.3 is 0 Å². The number of benzene rings is 2. The molecular weight excluding hydrogens is 434 g/mol. The number of carbonyl (C=O) groups excluding carboxylic acids is 3. The zero-order chi connectivity index (χ0) is 21.0. The first kappa shape index (κ1) is 21.0. The average Bonchev–Trinajstić information content (AvgIpc) is 3.17. The molecule has 1 fully saturated rings. The van der Waals surface area contributed by atoms with Crippen molar-refractivity contribution in [2.45, 2.75) is 38.8 Å². The molecule has 2 N–H and O–H groups in total. The van der Waals surface area contributed by atoms with Gasteiger partial charge in [0, 0.05) is 29.2 Å². The second-order valence-corrected chi connectivity index (χ2v) is 8.12. The normalized spacial score (nSPS) is 16.9. The van der Waals surface area contributed by atoms with Crippen LogP contribution in [0.1, 0.15) is 48.7 Å². The van der Waals surface area contributed by atoms with Crippen molar-refractivity contribution >= 4 is 39.3 Å². The van der Waals surface area contributed by atoms with Crippen molar-refractivity contribution in [2.24, 2.45) is 0 Å². The average molecular weight is 458 g/mol. The third-order valence-electron chi connectivity index (χ3n) is 4.97. The number of carbonyl (C=O) groups is 3. The lowest BCUT2D eigenvalue weighted by molar-refractivity contribution is -0.125. The van der Waals surface area contributed by atoms with Gasteiger partial charge < -0.3 is 15.5 Å². The van der Waals surface area contributed by atoms with E-state index in [-0.39, 0.29) is 23.8 Å². The summed E-state index contributed by atoms with van der Waals surface area (Å²) in [4.78, 5) is 38.7. The molecule has 0 saturated carbocycles. The Morgan fingerprint density at radius 2 is 1.86 bits per heavy atom. The third-order valence-corrected chi connectivity index (χ3v) is 5.50. The van der Waals surface area contributed by atoms with Crippen molar-refractivity contribution in [1.29, 1.82) is 0 Å². The SMILES string of the molecule is CC(=O)Nc1cccc(C(C)NC(=O)C2CCCN2C(=O)c2ccc(Br)cc2)c1. The zero-order valence-electron chi connectivity index (χ0n) is 16.4. The fourth-order valence-corrected chi connectivity index (χ4v) is 3.79. The maximum Gasteiger partial charge on any atom is 0.254 e. The van der Waals surface area contributed by atoms with E-state index in [2.05, 4.69) is 26.6 Å². The first-order valence-corrected chi connectivity index (χ1v) is 10.4. The minimum absolute atomic E-state index is 0.129. The van der Waals surface area contributed by atoms with E-state index < -0.39 is 6.04 Å². The summed E-state index contributed by atoms with van der Waals surface area (Å²) in [6.45, 7) is 3.91. The lowest BCUT2D eigenvalue weighted by Crippen LogP contribution is -2.46. The molecular formula is C22H24BrN3O3. The molecule has 7 heteroatoms. The van der Waals surface area contributed by atoms with E-state index in [1.807, 2.05) is 37.3 Å². The van der Waals surface area contributed by atoms with Crippen LogP contribution in [-0.2, 0) is 9.59 Å². The molecule has 0 spiro atoms. The maximum absolute atomic E-state index is 12.9. The van der Waals surface area contributed by atoms with Crippen LogP contribution < -0.4 is 10.6 Å². The van der Waals surface area contributed by atoms with Crippen molar-refractivity contribution in [3.05, 3.63) is 64.1 Å². The van der Waals surface area contributed by atoms with Gasteiger partial charge in [-0.25, -0.2) is 0 Å². The van der Waals surface area contributed by atoms with Gasteiger partial charge in [-0.3, -0.25) is 14.4 Å². The lowest BCUT2D eigenvalue weighted by Gasteiger charge is -2.26. The summed E-state index contributed by atoms with van der Waals surface area (Å²) in [5.41, 5.74) is 2.14. The van der Waals surface area contributed by atoms with Gasteiger partial charge in [0.1, 0.15) is 6.04 Å². The van der Waals surface area contributed by atoms with E-state index in [4.69, 9.17) is 0 Å². The van der Waals surface area contributed by atoms with Crippen molar-refractivity contribution in [1.82, 2.24) is 10.2 Å². The van der Waals surface area contributed by atoms with Gasteiger partial charge in [-0.1, -0.05) is 28.1 Å². The number of likely N-dealkylation sites (tertiary alicyclic amines) is 1. The van der Waals surface area contributed by atoms with Gasteiger partial charge in [0.2, 0.25) is 11.8 Å². The van der Waals surface area contributed by atoms with Crippen LogP contribution in [0.4, 0.5) is 5.69 Å². The number of hydrogen-bond donors (Lipinski definition) is 2. The summed E-state index contributed by atoms with van der Waals surface area (Å²) in [5, 5.41) is 5.76. The quantitative estimate of drug-likeness (QED) is 0.714. The monoisotopic (exact) mass is 457 g/mol. The second kappa shape index (κ2) is 9.22. The van der Waals surface area contributed by atoms with Crippen molar-refractivity contribution in [2.75, 3.05) is 11.9 Å². The minimum Gasteiger partial charge on any atom is -0.348 e. The van der Waals surface area contributed by atoms with Crippen LogP contribution in [0.25, 0.3) is 0 Å². The summed E-state index contributed by atoms with van der Waals surface area (Å²) < 4.78 is 0.903. The Labute approximate surface area is 178 Å². The fraction of sp³-hybridized carbons (Fsp3) is 0.318. The summed E-state index contributed by atoms with van der Waals surface area (Å²) in [6.07, 6.45) is 1.44. The number of hydrogen-bond acceptors (Lipinski definition) is 3. The van der Waals surface area contributed by atoms with Crippen LogP contribution in [0.3, 0.4) is 0 Å². The molecule has 0 radical (unpaired) electrons. The number of anilines is 1. The molecule has 1 saturated heterocycles. The van der Waals surface area contributed by atoms with E-state index in [0.717, 1.165) is 16.5 Å². The molecule has 29 heavy (non-hydrogen) atoms. The van der Waals surface area contributed by atoms with Crippen LogP contribution in [0.2, 0.25) is 0 Å². The highest BCUT2D eigenvalue weighted by Crippen LogP contribution is 2.23. The molecule has 3 rings (SSSR count). The highest BCUT2D eigenvalue weighted by molar-refractivity contribution is 9.10. The van der Waals surface area contributed by atoms with Gasteiger partial charge in [0.25, 0.3) is 5.91 Å². The molecule has 0 aromatic heterocycles. The van der Waals surface area contributed by atoms with E-state index >= 15 is 0 Å². The number of rotatable bonds is 5. The Hall–Kier alpha value is -2.67. The highest BCUT2D eigenvalue weighted by atomic mass is 79.9. The third kappa shape index (κ3) is 5.23. The largest absolute Gasteiger partial charge is 0.348 e. The molecule has 0 bridgehead atoms. The number of nitrogens with one attached hydrogen (secondary N) is 2. The molecule has 1 aliphatic rings. The van der Waals surface area contributed by atoms with Crippen LogP contribution in [0.5, 0.6) is 0 Å². The van der Waals surface area contributed by atoms with E-state index in [0.29, 0.717) is 24.2 Å². The van der Waals surface area contributed by atoms with E-state index in [1.54, 1.807) is 23.1 Å². The summed E-state index contributed by atoms with van der Waals surface area (Å²) in [5.74, 6) is -0.437. The fourth-order valence-electron chi connectivity index (χ4n) is 3.52. The standard InChI is InChI=1S/C22H24BrN3O3/c1-14(17-5-3-6-19(13-17)25-15(2)27)24-21(28)20-7-4-12-26(20)22(29)16-8-10-18(23)11-9-16/h3,5-6,8-11,13-14,20H,4,7,12H2,1-2H3,(H,24,28)(H,25,27). The lowest BCUT2D eigenvalue weighted by atomic mass is 10.1. The number of nitrogens with zero attached hydrogens (tertiary/aromatic N) is 1. The van der Waals surface area contributed by atoms with Gasteiger partial charge in [-0.05, 0) is 61.7 Å². The number of halogens is 1. The van der Waals surface area contributed by atoms with E-state index in [9.17, 15) is 14.4 Å². The van der Waals surface area contributed by atoms with Crippen LogP contribution in [0.15, 0.2) is 53.0 Å². The van der Waals surface area contributed by atoms with Crippen LogP contribution >= 0.6 is 15.9 Å². The Kier molecular flexibility index (Phi) is 6.69. The molecule has 152 valence electrons. The molecule has 1 heterocycles. The second-order valence-electron chi connectivity index (χ2n) is 7.20.